The predicted molar refractivity (Wildman–Crippen MR) is 166 cm³/mol. The minimum Gasteiger partial charge on any atom is -0.488 e. The number of likely N-dealkylation sites (tertiary alicyclic amines) is 1. The number of carboxylic acid groups (broad SMARTS) is 1. The molecule has 0 atom stereocenters. The quantitative estimate of drug-likeness (QED) is 0.215. The second-order valence-corrected chi connectivity index (χ2v) is 10.4. The molecule has 6 aromatic rings. The van der Waals surface area contributed by atoms with Gasteiger partial charge < -0.3 is 42.7 Å². The summed E-state index contributed by atoms with van der Waals surface area (Å²) in [5, 5.41) is 18.9. The second-order valence-electron chi connectivity index (χ2n) is 10.4. The van der Waals surface area contributed by atoms with Crippen molar-refractivity contribution in [3.63, 3.8) is 0 Å². The standard InChI is InChI=1S/C17H14N2O4.C9H11NO.C8H5NO4/c20-17(14-9-16(23-18-14)15-7-4-8-21-15)19-10-13(11-19)22-12-5-2-1-3-6-12;1-2-4-8(5-3-1)11-9-6-10-7-9;10-8(11)5-4-7(13-9-5)6-2-1-3-12-6/h1-9,13H,10-11H2;1-5,9-10H,6-7H2;1-4H,(H,10,11). The lowest BCUT2D eigenvalue weighted by Gasteiger charge is -2.38. The minimum absolute atomic E-state index is 0.0118. The van der Waals surface area contributed by atoms with E-state index in [1.165, 1.54) is 12.3 Å². The number of amides is 1. The Kier molecular flexibility index (Phi) is 9.74. The summed E-state index contributed by atoms with van der Waals surface area (Å²) in [4.78, 5) is 24.4. The summed E-state index contributed by atoms with van der Waals surface area (Å²) in [7, 11) is 0. The Balaban J connectivity index is 0.000000136. The summed E-state index contributed by atoms with van der Waals surface area (Å²) >= 11 is 0. The molecule has 0 aliphatic carbocycles. The van der Waals surface area contributed by atoms with Gasteiger partial charge in [-0.2, -0.15) is 0 Å². The zero-order chi connectivity index (χ0) is 32.4. The van der Waals surface area contributed by atoms with E-state index >= 15 is 0 Å². The number of ether oxygens (including phenoxy) is 2. The summed E-state index contributed by atoms with van der Waals surface area (Å²) in [6.07, 6.45) is 3.41. The Morgan fingerprint density at radius 1 is 0.681 bits per heavy atom. The first-order chi connectivity index (χ1) is 23.0. The second kappa shape index (κ2) is 14.8. The number of hydrogen-bond donors (Lipinski definition) is 2. The highest BCUT2D eigenvalue weighted by atomic mass is 16.5. The number of hydrogen-bond acceptors (Lipinski definition) is 11. The maximum atomic E-state index is 12.3. The van der Waals surface area contributed by atoms with Crippen molar-refractivity contribution >= 4 is 11.9 Å². The fourth-order valence-corrected chi connectivity index (χ4v) is 4.39. The Morgan fingerprint density at radius 3 is 1.64 bits per heavy atom. The number of para-hydroxylation sites is 2. The molecular formula is C34H30N4O9. The Bertz CT molecular complexity index is 1820. The molecule has 0 spiro atoms. The molecule has 0 saturated carbocycles. The molecule has 4 aromatic heterocycles. The molecule has 2 N–H and O–H groups in total. The van der Waals surface area contributed by atoms with Gasteiger partial charge in [-0.05, 0) is 48.5 Å². The van der Waals surface area contributed by atoms with E-state index in [0.717, 1.165) is 24.6 Å². The zero-order valence-electron chi connectivity index (χ0n) is 24.9. The molecule has 2 saturated heterocycles. The zero-order valence-corrected chi connectivity index (χ0v) is 24.9. The lowest BCUT2D eigenvalue weighted by molar-refractivity contribution is 0.0170. The van der Waals surface area contributed by atoms with Gasteiger partial charge in [0.1, 0.15) is 23.7 Å². The van der Waals surface area contributed by atoms with Crippen LogP contribution in [-0.2, 0) is 0 Å². The summed E-state index contributed by atoms with van der Waals surface area (Å²) in [5.74, 6) is 2.25. The van der Waals surface area contributed by atoms with Crippen LogP contribution in [0.3, 0.4) is 0 Å². The largest absolute Gasteiger partial charge is 0.488 e. The monoisotopic (exact) mass is 638 g/mol. The van der Waals surface area contributed by atoms with Gasteiger partial charge in [0.15, 0.2) is 22.9 Å². The molecule has 8 rings (SSSR count). The van der Waals surface area contributed by atoms with E-state index < -0.39 is 5.97 Å². The number of rotatable bonds is 8. The van der Waals surface area contributed by atoms with Crippen molar-refractivity contribution < 1.29 is 42.0 Å². The first-order valence-corrected chi connectivity index (χ1v) is 14.7. The van der Waals surface area contributed by atoms with E-state index in [2.05, 4.69) is 15.6 Å². The number of nitrogens with one attached hydrogen (secondary N) is 1. The lowest BCUT2D eigenvalue weighted by Crippen LogP contribution is -2.56. The van der Waals surface area contributed by atoms with Crippen LogP contribution >= 0.6 is 0 Å². The van der Waals surface area contributed by atoms with Gasteiger partial charge in [-0.15, -0.1) is 0 Å². The van der Waals surface area contributed by atoms with E-state index in [9.17, 15) is 9.59 Å². The van der Waals surface area contributed by atoms with Crippen LogP contribution in [0, 0.1) is 0 Å². The van der Waals surface area contributed by atoms with Crippen molar-refractivity contribution in [2.75, 3.05) is 26.2 Å². The van der Waals surface area contributed by atoms with Gasteiger partial charge in [-0.25, -0.2) is 4.79 Å². The Morgan fingerprint density at radius 2 is 1.19 bits per heavy atom. The molecular weight excluding hydrogens is 608 g/mol. The molecule has 1 amide bonds. The van der Waals surface area contributed by atoms with Gasteiger partial charge in [-0.3, -0.25) is 4.79 Å². The molecule has 2 fully saturated rings. The van der Waals surface area contributed by atoms with Crippen LogP contribution in [0.25, 0.3) is 23.0 Å². The van der Waals surface area contributed by atoms with Crippen molar-refractivity contribution in [3.05, 3.63) is 121 Å². The van der Waals surface area contributed by atoms with E-state index in [1.807, 2.05) is 60.7 Å². The molecule has 2 aromatic carbocycles. The Hall–Kier alpha value is -6.08. The van der Waals surface area contributed by atoms with Gasteiger partial charge in [0, 0.05) is 25.2 Å². The third-order valence-corrected chi connectivity index (χ3v) is 6.96. The number of nitrogens with zero attached hydrogens (tertiary/aromatic N) is 3. The molecule has 2 aliphatic rings. The van der Waals surface area contributed by atoms with Crippen molar-refractivity contribution in [1.82, 2.24) is 20.5 Å². The minimum atomic E-state index is -1.12. The van der Waals surface area contributed by atoms with Crippen LogP contribution in [0.5, 0.6) is 11.5 Å². The van der Waals surface area contributed by atoms with Gasteiger partial charge in [0.25, 0.3) is 5.91 Å². The molecule has 0 bridgehead atoms. The van der Waals surface area contributed by atoms with Crippen LogP contribution in [0.2, 0.25) is 0 Å². The number of furan rings is 2. The summed E-state index contributed by atoms with van der Waals surface area (Å²) in [5.41, 5.74) is 0.140. The average Bonchev–Trinajstić information content (AvgIpc) is 3.89. The third kappa shape index (κ3) is 8.15. The van der Waals surface area contributed by atoms with Crippen LogP contribution in [0.4, 0.5) is 0 Å². The number of carboxylic acids is 1. The van der Waals surface area contributed by atoms with E-state index in [-0.39, 0.29) is 23.4 Å². The maximum Gasteiger partial charge on any atom is 0.358 e. The third-order valence-electron chi connectivity index (χ3n) is 6.96. The predicted octanol–water partition coefficient (Wildman–Crippen LogP) is 5.51. The number of aromatic nitrogens is 2. The number of aromatic carboxylic acids is 1. The molecule has 0 unspecified atom stereocenters. The number of benzene rings is 2. The first kappa shape index (κ1) is 30.9. The van der Waals surface area contributed by atoms with Crippen molar-refractivity contribution in [2.45, 2.75) is 12.2 Å². The van der Waals surface area contributed by atoms with Crippen LogP contribution in [0.1, 0.15) is 21.0 Å². The molecule has 2 aliphatic heterocycles. The van der Waals surface area contributed by atoms with Crippen LogP contribution < -0.4 is 14.8 Å². The smallest absolute Gasteiger partial charge is 0.358 e. The first-order valence-electron chi connectivity index (χ1n) is 14.7. The fraction of sp³-hybridized carbons (Fsp3) is 0.176. The highest BCUT2D eigenvalue weighted by Gasteiger charge is 2.34. The SMILES string of the molecule is O=C(O)c1cc(-c2ccco2)on1.O=C(c1cc(-c2ccco2)on1)N1CC(Oc2ccccc2)C1.c1ccc(OC2CNC2)cc1. The van der Waals surface area contributed by atoms with E-state index in [0.29, 0.717) is 42.2 Å². The summed E-state index contributed by atoms with van der Waals surface area (Å²) < 4.78 is 31.5. The van der Waals surface area contributed by atoms with Crippen molar-refractivity contribution in [1.29, 1.82) is 0 Å². The highest BCUT2D eigenvalue weighted by molar-refractivity contribution is 5.93. The van der Waals surface area contributed by atoms with E-state index in [1.54, 1.807) is 41.5 Å². The molecule has 240 valence electrons. The highest BCUT2D eigenvalue weighted by Crippen LogP contribution is 2.24. The summed E-state index contributed by atoms with van der Waals surface area (Å²) in [6, 6.07) is 29.2. The Labute approximate surface area is 268 Å². The maximum absolute atomic E-state index is 12.3. The molecule has 13 nitrogen and oxygen atoms in total. The van der Waals surface area contributed by atoms with Crippen molar-refractivity contribution in [3.8, 4) is 34.5 Å². The lowest BCUT2D eigenvalue weighted by atomic mass is 10.1. The van der Waals surface area contributed by atoms with Gasteiger partial charge in [0.2, 0.25) is 11.5 Å². The molecule has 47 heavy (non-hydrogen) atoms. The van der Waals surface area contributed by atoms with E-state index in [4.69, 9.17) is 32.5 Å². The van der Waals surface area contributed by atoms with Gasteiger partial charge in [-0.1, -0.05) is 46.7 Å². The fourth-order valence-electron chi connectivity index (χ4n) is 4.39. The summed E-state index contributed by atoms with van der Waals surface area (Å²) in [6.45, 7) is 3.04. The van der Waals surface area contributed by atoms with Gasteiger partial charge in [0.05, 0.1) is 25.6 Å². The van der Waals surface area contributed by atoms with Gasteiger partial charge >= 0.3 is 5.97 Å². The number of carbonyl (C=O) groups excluding carboxylic acids is 1. The van der Waals surface area contributed by atoms with Crippen molar-refractivity contribution in [2.24, 2.45) is 0 Å². The van der Waals surface area contributed by atoms with Crippen LogP contribution in [0.15, 0.2) is 127 Å². The molecule has 0 radical (unpaired) electrons. The average molecular weight is 639 g/mol. The topological polar surface area (TPSA) is 166 Å². The molecule has 13 heteroatoms. The normalized spacial score (nSPS) is 14.0. The van der Waals surface area contributed by atoms with Crippen LogP contribution in [-0.4, -0.2) is 70.6 Å². The molecule has 6 heterocycles. The number of carbonyl (C=O) groups is 2.